The number of anilines is 1. The van der Waals surface area contributed by atoms with E-state index < -0.39 is 0 Å². The van der Waals surface area contributed by atoms with Crippen LogP contribution in [0.2, 0.25) is 0 Å². The first kappa shape index (κ1) is 11.7. The molecule has 0 atom stereocenters. The molecular formula is C16H13FN2. The molecule has 0 saturated heterocycles. The van der Waals surface area contributed by atoms with Crippen LogP contribution in [0.1, 0.15) is 5.56 Å². The molecule has 0 spiro atoms. The van der Waals surface area contributed by atoms with Gasteiger partial charge in [0.25, 0.3) is 0 Å². The number of aromatic nitrogens is 1. The zero-order valence-corrected chi connectivity index (χ0v) is 10.5. The van der Waals surface area contributed by atoms with Crippen LogP contribution in [0.3, 0.4) is 0 Å². The van der Waals surface area contributed by atoms with E-state index in [1.807, 2.05) is 36.4 Å². The van der Waals surface area contributed by atoms with Gasteiger partial charge in [0.2, 0.25) is 0 Å². The summed E-state index contributed by atoms with van der Waals surface area (Å²) >= 11 is 0. The minimum absolute atomic E-state index is 0.260. The van der Waals surface area contributed by atoms with Crippen molar-refractivity contribution in [2.75, 3.05) is 5.73 Å². The average Bonchev–Trinajstić information content (AvgIpc) is 2.44. The number of halogens is 1. The van der Waals surface area contributed by atoms with Gasteiger partial charge in [0.1, 0.15) is 5.82 Å². The largest absolute Gasteiger partial charge is 0.398 e. The molecule has 1 aromatic heterocycles. The molecule has 0 fully saturated rings. The van der Waals surface area contributed by atoms with Gasteiger partial charge in [-0.3, -0.25) is 0 Å². The number of nitrogens with two attached hydrogens (primary N) is 1. The van der Waals surface area contributed by atoms with Crippen LogP contribution < -0.4 is 5.73 Å². The second kappa shape index (κ2) is 4.35. The molecule has 0 aliphatic heterocycles. The third-order valence-corrected chi connectivity index (χ3v) is 3.27. The van der Waals surface area contributed by atoms with Gasteiger partial charge in [0, 0.05) is 22.2 Å². The molecule has 3 heteroatoms. The Kier molecular flexibility index (Phi) is 2.67. The zero-order chi connectivity index (χ0) is 13.4. The highest BCUT2D eigenvalue weighted by Gasteiger charge is 2.09. The zero-order valence-electron chi connectivity index (χ0n) is 10.5. The van der Waals surface area contributed by atoms with Crippen molar-refractivity contribution in [3.63, 3.8) is 0 Å². The number of pyridine rings is 1. The van der Waals surface area contributed by atoms with E-state index in [-0.39, 0.29) is 5.82 Å². The molecule has 0 unspecified atom stereocenters. The third kappa shape index (κ3) is 1.93. The molecule has 0 radical (unpaired) electrons. The average molecular weight is 252 g/mol. The molecule has 2 nitrogen and oxygen atoms in total. The van der Waals surface area contributed by atoms with E-state index in [0.717, 1.165) is 16.6 Å². The molecule has 1 heterocycles. The lowest BCUT2D eigenvalue weighted by atomic mass is 10.1. The molecular weight excluding hydrogens is 239 g/mol. The number of aryl methyl sites for hydroxylation is 1. The maximum absolute atomic E-state index is 13.6. The Bertz CT molecular complexity index is 752. The Labute approximate surface area is 110 Å². The summed E-state index contributed by atoms with van der Waals surface area (Å²) in [4.78, 5) is 4.55. The molecule has 3 rings (SSSR count). The first-order chi connectivity index (χ1) is 9.16. The van der Waals surface area contributed by atoms with Gasteiger partial charge in [-0.05, 0) is 25.1 Å². The fourth-order valence-electron chi connectivity index (χ4n) is 2.19. The van der Waals surface area contributed by atoms with Crippen molar-refractivity contribution in [3.8, 4) is 11.3 Å². The topological polar surface area (TPSA) is 38.9 Å². The molecule has 0 aliphatic carbocycles. The van der Waals surface area contributed by atoms with E-state index in [0.29, 0.717) is 16.8 Å². The van der Waals surface area contributed by atoms with Crippen LogP contribution in [-0.2, 0) is 0 Å². The summed E-state index contributed by atoms with van der Waals surface area (Å²) in [7, 11) is 0. The van der Waals surface area contributed by atoms with Crippen LogP contribution in [0.5, 0.6) is 0 Å². The predicted octanol–water partition coefficient (Wildman–Crippen LogP) is 3.93. The first-order valence-corrected chi connectivity index (χ1v) is 6.07. The van der Waals surface area contributed by atoms with Crippen LogP contribution in [-0.4, -0.2) is 4.98 Å². The molecule has 3 aromatic rings. The second-order valence-corrected chi connectivity index (χ2v) is 4.53. The normalized spacial score (nSPS) is 10.8. The number of nitrogens with zero attached hydrogens (tertiary/aromatic N) is 1. The number of rotatable bonds is 1. The Balaban J connectivity index is 2.32. The Hall–Kier alpha value is -2.42. The number of nitrogen functional groups attached to an aromatic ring is 1. The van der Waals surface area contributed by atoms with Crippen LogP contribution in [0, 0.1) is 12.7 Å². The number of hydrogen-bond donors (Lipinski definition) is 1. The minimum Gasteiger partial charge on any atom is -0.398 e. The van der Waals surface area contributed by atoms with Gasteiger partial charge >= 0.3 is 0 Å². The fourth-order valence-corrected chi connectivity index (χ4v) is 2.19. The predicted molar refractivity (Wildman–Crippen MR) is 76.3 cm³/mol. The monoisotopic (exact) mass is 252 g/mol. The maximum atomic E-state index is 13.6. The van der Waals surface area contributed by atoms with E-state index in [9.17, 15) is 4.39 Å². The maximum Gasteiger partial charge on any atom is 0.128 e. The highest BCUT2D eigenvalue weighted by molar-refractivity contribution is 5.94. The molecule has 0 aliphatic rings. The molecule has 2 aromatic carbocycles. The third-order valence-electron chi connectivity index (χ3n) is 3.27. The standard InChI is InChI=1S/C16H13FN2/c1-10-13(17)8-7-12-14(18)9-15(19-16(10)12)11-5-3-2-4-6-11/h2-9H,1H3,(H2,18,19). The lowest BCUT2D eigenvalue weighted by Crippen LogP contribution is -1.96. The smallest absolute Gasteiger partial charge is 0.128 e. The summed E-state index contributed by atoms with van der Waals surface area (Å²) in [5, 5.41) is 0.790. The van der Waals surface area contributed by atoms with Crippen molar-refractivity contribution in [1.29, 1.82) is 0 Å². The lowest BCUT2D eigenvalue weighted by Gasteiger charge is -2.09. The number of fused-ring (bicyclic) bond motifs is 1. The molecule has 2 N–H and O–H groups in total. The van der Waals surface area contributed by atoms with Crippen molar-refractivity contribution in [3.05, 3.63) is 59.9 Å². The quantitative estimate of drug-likeness (QED) is 0.712. The molecule has 0 saturated carbocycles. The molecule has 0 amide bonds. The van der Waals surface area contributed by atoms with E-state index in [4.69, 9.17) is 5.73 Å². The van der Waals surface area contributed by atoms with Crippen LogP contribution >= 0.6 is 0 Å². The highest BCUT2D eigenvalue weighted by Crippen LogP contribution is 2.28. The SMILES string of the molecule is Cc1c(F)ccc2c(N)cc(-c3ccccc3)nc12. The van der Waals surface area contributed by atoms with Crippen LogP contribution in [0.15, 0.2) is 48.5 Å². The summed E-state index contributed by atoms with van der Waals surface area (Å²) in [6.45, 7) is 1.72. The van der Waals surface area contributed by atoms with Gasteiger partial charge in [-0.25, -0.2) is 9.37 Å². The Morgan fingerprint density at radius 3 is 2.53 bits per heavy atom. The fraction of sp³-hybridized carbons (Fsp3) is 0.0625. The molecule has 94 valence electrons. The van der Waals surface area contributed by atoms with Crippen molar-refractivity contribution in [2.45, 2.75) is 6.92 Å². The van der Waals surface area contributed by atoms with Gasteiger partial charge in [-0.2, -0.15) is 0 Å². The molecule has 19 heavy (non-hydrogen) atoms. The van der Waals surface area contributed by atoms with Crippen LogP contribution in [0.4, 0.5) is 10.1 Å². The number of hydrogen-bond acceptors (Lipinski definition) is 2. The Morgan fingerprint density at radius 1 is 1.05 bits per heavy atom. The van der Waals surface area contributed by atoms with Gasteiger partial charge < -0.3 is 5.73 Å². The van der Waals surface area contributed by atoms with E-state index in [1.54, 1.807) is 13.0 Å². The summed E-state index contributed by atoms with van der Waals surface area (Å²) in [6.07, 6.45) is 0. The summed E-state index contributed by atoms with van der Waals surface area (Å²) in [6, 6.07) is 14.7. The second-order valence-electron chi connectivity index (χ2n) is 4.53. The Morgan fingerprint density at radius 2 is 1.79 bits per heavy atom. The summed E-state index contributed by atoms with van der Waals surface area (Å²) < 4.78 is 13.6. The van der Waals surface area contributed by atoms with Crippen molar-refractivity contribution in [2.24, 2.45) is 0 Å². The van der Waals surface area contributed by atoms with Crippen molar-refractivity contribution >= 4 is 16.6 Å². The summed E-state index contributed by atoms with van der Waals surface area (Å²) in [5.41, 5.74) is 9.56. The van der Waals surface area contributed by atoms with Crippen molar-refractivity contribution < 1.29 is 4.39 Å². The van der Waals surface area contributed by atoms with E-state index >= 15 is 0 Å². The van der Waals surface area contributed by atoms with Gasteiger partial charge in [-0.1, -0.05) is 30.3 Å². The number of benzene rings is 2. The first-order valence-electron chi connectivity index (χ1n) is 6.07. The van der Waals surface area contributed by atoms with E-state index in [1.165, 1.54) is 6.07 Å². The minimum atomic E-state index is -0.260. The van der Waals surface area contributed by atoms with Crippen LogP contribution in [0.25, 0.3) is 22.2 Å². The van der Waals surface area contributed by atoms with Gasteiger partial charge in [0.05, 0.1) is 11.2 Å². The van der Waals surface area contributed by atoms with E-state index in [2.05, 4.69) is 4.98 Å². The van der Waals surface area contributed by atoms with Gasteiger partial charge in [0.15, 0.2) is 0 Å². The highest BCUT2D eigenvalue weighted by atomic mass is 19.1. The summed E-state index contributed by atoms with van der Waals surface area (Å²) in [5.74, 6) is -0.260. The molecule has 0 bridgehead atoms. The lowest BCUT2D eigenvalue weighted by molar-refractivity contribution is 0.620. The van der Waals surface area contributed by atoms with Gasteiger partial charge in [-0.15, -0.1) is 0 Å². The van der Waals surface area contributed by atoms with Crippen molar-refractivity contribution in [1.82, 2.24) is 4.98 Å².